The number of rotatable bonds is 21. The molecule has 0 unspecified atom stereocenters. The van der Waals surface area contributed by atoms with Crippen LogP contribution in [0.2, 0.25) is 0 Å². The van der Waals surface area contributed by atoms with Gasteiger partial charge in [-0.15, -0.1) is 0 Å². The highest BCUT2D eigenvalue weighted by Crippen LogP contribution is 2.70. The molecule has 482 valence electrons. The first-order valence-electron chi connectivity index (χ1n) is 33.9. The second-order valence-electron chi connectivity index (χ2n) is 32.1. The zero-order chi connectivity index (χ0) is 61.5. The number of carbonyl (C=O) groups is 4. The highest BCUT2D eigenvalue weighted by Gasteiger charge is 2.67. The van der Waals surface area contributed by atoms with Crippen LogP contribution in [0.4, 0.5) is 9.59 Å². The standard InChI is InChI=1S/C68H118N4O12/c1-41(47-19-21-49-59-51(39-55(77)67(47,49)11)65(9)27-25-45(73)35-43(65)37-53(59)75)17-23-57(79)69-29-15-33-71(61(81)83-63(3,4)5)31-13-14-32-72(62(82)84-64(6,7)8)34-16-30-70-58(80)24-18-42(2)48-20-22-50-60-52(40-56(78)68(48,50)12)66(10)28-26-46(74)36-44(66)38-54(60)76/h41-56,59-60,73-78H,13-40H2,1-12H3,(H,69,79)(H,70,80)/t41-,42-,43-,44-,45-,46-,47-,48-,49+,50+,51+,52+,53-,54-,55+,56+,59+,60+,65+,66+,67-,68-/m1/s1. The topological polar surface area (TPSA) is 239 Å². The summed E-state index contributed by atoms with van der Waals surface area (Å²) in [6, 6.07) is 0. The lowest BCUT2D eigenvalue weighted by Gasteiger charge is -2.63. The Morgan fingerprint density at radius 1 is 0.500 bits per heavy atom. The molecule has 0 radical (unpaired) electrons. The molecule has 22 atom stereocenters. The summed E-state index contributed by atoms with van der Waals surface area (Å²) in [5.74, 6) is 2.67. The van der Waals surface area contributed by atoms with Gasteiger partial charge < -0.3 is 60.5 Å². The number of carbonyl (C=O) groups excluding carboxylic acids is 4. The van der Waals surface area contributed by atoms with Gasteiger partial charge in [0.1, 0.15) is 11.2 Å². The van der Waals surface area contributed by atoms with E-state index in [9.17, 15) is 49.8 Å². The summed E-state index contributed by atoms with van der Waals surface area (Å²) in [4.78, 5) is 57.2. The highest BCUT2D eigenvalue weighted by atomic mass is 16.6. The van der Waals surface area contributed by atoms with E-state index in [0.29, 0.717) is 103 Å². The van der Waals surface area contributed by atoms with E-state index in [0.717, 1.165) is 77.0 Å². The van der Waals surface area contributed by atoms with Gasteiger partial charge in [0, 0.05) is 52.1 Å². The number of amides is 4. The minimum absolute atomic E-state index is 0.0244. The molecule has 0 bridgehead atoms. The van der Waals surface area contributed by atoms with E-state index in [2.05, 4.69) is 52.2 Å². The number of aliphatic hydroxyl groups excluding tert-OH is 6. The maximum Gasteiger partial charge on any atom is 0.410 e. The fourth-order valence-corrected chi connectivity index (χ4v) is 20.4. The van der Waals surface area contributed by atoms with Gasteiger partial charge in [0.2, 0.25) is 11.8 Å². The molecule has 0 aromatic heterocycles. The van der Waals surface area contributed by atoms with Crippen LogP contribution in [0.5, 0.6) is 0 Å². The first-order valence-corrected chi connectivity index (χ1v) is 33.9. The van der Waals surface area contributed by atoms with Gasteiger partial charge in [-0.3, -0.25) is 9.59 Å². The molecule has 0 aliphatic heterocycles. The van der Waals surface area contributed by atoms with Crippen molar-refractivity contribution in [3.8, 4) is 0 Å². The third-order valence-electron chi connectivity index (χ3n) is 25.0. The summed E-state index contributed by atoms with van der Waals surface area (Å²) in [7, 11) is 0. The van der Waals surface area contributed by atoms with Gasteiger partial charge >= 0.3 is 12.2 Å². The second-order valence-corrected chi connectivity index (χ2v) is 32.1. The van der Waals surface area contributed by atoms with Gasteiger partial charge in [0.05, 0.1) is 36.6 Å². The Hall–Kier alpha value is -2.76. The van der Waals surface area contributed by atoms with Crippen molar-refractivity contribution in [2.45, 2.75) is 272 Å². The summed E-state index contributed by atoms with van der Waals surface area (Å²) >= 11 is 0. The van der Waals surface area contributed by atoms with Crippen LogP contribution in [0.25, 0.3) is 0 Å². The SMILES string of the molecule is C[C@H](CCC(=O)NCCCN(CCCCN(CCCNC(=O)CC[C@@H](C)[C@H]1CC[C@H]2[C@@H]3[C@H](O)C[C@H]4C[C@H](O)CC[C@]4(C)[C@H]3C[C@H](O)[C@]12C)C(=O)OC(C)(C)C)C(=O)OC(C)(C)C)[C@H]1CC[C@H]2[C@@H]3[C@H](O)C[C@H]4C[C@H](O)CC[C@]4(C)[C@H]3C[C@H](O)[C@]12C. The summed E-state index contributed by atoms with van der Waals surface area (Å²) < 4.78 is 11.6. The molecule has 84 heavy (non-hydrogen) atoms. The number of hydrogen-bond donors (Lipinski definition) is 8. The Kier molecular flexibility index (Phi) is 21.4. The average molecular weight is 1180 g/mol. The molecule has 4 amide bonds. The van der Waals surface area contributed by atoms with E-state index in [1.807, 2.05) is 41.5 Å². The molecule has 0 aromatic carbocycles. The summed E-state index contributed by atoms with van der Waals surface area (Å²) in [6.07, 6.45) is 12.9. The highest BCUT2D eigenvalue weighted by molar-refractivity contribution is 5.76. The van der Waals surface area contributed by atoms with Crippen molar-refractivity contribution >= 4 is 24.0 Å². The van der Waals surface area contributed by atoms with Crippen molar-refractivity contribution in [2.75, 3.05) is 39.3 Å². The van der Waals surface area contributed by atoms with E-state index in [1.54, 1.807) is 9.80 Å². The predicted molar refractivity (Wildman–Crippen MR) is 325 cm³/mol. The summed E-state index contributed by atoms with van der Waals surface area (Å²) in [5.41, 5.74) is -2.00. The quantitative estimate of drug-likeness (QED) is 0.0501. The Bertz CT molecular complexity index is 2090. The van der Waals surface area contributed by atoms with E-state index in [4.69, 9.17) is 9.47 Å². The third kappa shape index (κ3) is 14.3. The zero-order valence-corrected chi connectivity index (χ0v) is 54.2. The number of nitrogens with one attached hydrogen (secondary N) is 2. The zero-order valence-electron chi connectivity index (χ0n) is 54.2. The van der Waals surface area contributed by atoms with Crippen molar-refractivity contribution in [3.05, 3.63) is 0 Å². The lowest BCUT2D eigenvalue weighted by Crippen LogP contribution is -2.62. The third-order valence-corrected chi connectivity index (χ3v) is 25.0. The first kappa shape index (κ1) is 67.2. The number of aliphatic hydroxyl groups is 6. The van der Waals surface area contributed by atoms with E-state index in [-0.39, 0.29) is 117 Å². The molecule has 8 fully saturated rings. The van der Waals surface area contributed by atoms with Crippen molar-refractivity contribution in [2.24, 2.45) is 92.7 Å². The van der Waals surface area contributed by atoms with Crippen molar-refractivity contribution < 1.29 is 59.3 Å². The van der Waals surface area contributed by atoms with Crippen LogP contribution < -0.4 is 10.6 Å². The largest absolute Gasteiger partial charge is 0.444 e. The summed E-state index contributed by atoms with van der Waals surface area (Å²) in [6.45, 7) is 27.1. The van der Waals surface area contributed by atoms with Crippen LogP contribution >= 0.6 is 0 Å². The minimum Gasteiger partial charge on any atom is -0.444 e. The molecule has 0 heterocycles. The minimum atomic E-state index is -0.698. The van der Waals surface area contributed by atoms with Crippen molar-refractivity contribution in [1.82, 2.24) is 20.4 Å². The van der Waals surface area contributed by atoms with Gasteiger partial charge in [0.15, 0.2) is 0 Å². The van der Waals surface area contributed by atoms with Crippen LogP contribution in [0, 0.1) is 92.7 Å². The molecule has 8 aliphatic rings. The molecule has 8 N–H and O–H groups in total. The second kappa shape index (κ2) is 26.7. The van der Waals surface area contributed by atoms with Gasteiger partial charge in [-0.2, -0.15) is 0 Å². The van der Waals surface area contributed by atoms with Crippen molar-refractivity contribution in [1.29, 1.82) is 0 Å². The molecule has 0 spiro atoms. The number of unbranched alkanes of at least 4 members (excludes halogenated alkanes) is 1. The van der Waals surface area contributed by atoms with Crippen LogP contribution in [-0.4, -0.2) is 152 Å². The first-order chi connectivity index (χ1) is 39.3. The Morgan fingerprint density at radius 2 is 0.857 bits per heavy atom. The van der Waals surface area contributed by atoms with Crippen LogP contribution in [-0.2, 0) is 19.1 Å². The fraction of sp³-hybridized carbons (Fsp3) is 0.941. The van der Waals surface area contributed by atoms with E-state index < -0.39 is 47.8 Å². The lowest BCUT2D eigenvalue weighted by atomic mass is 9.43. The monoisotopic (exact) mass is 1180 g/mol. The molecular weight excluding hydrogens is 1060 g/mol. The smallest absolute Gasteiger partial charge is 0.410 e. The average Bonchev–Trinajstić information content (AvgIpc) is 1.32. The molecular formula is C68H118N4O12. The fourth-order valence-electron chi connectivity index (χ4n) is 20.4. The van der Waals surface area contributed by atoms with E-state index in [1.165, 1.54) is 0 Å². The summed E-state index contributed by atoms with van der Waals surface area (Å²) in [5, 5.41) is 74.7. The molecule has 8 aliphatic carbocycles. The Morgan fingerprint density at radius 3 is 1.21 bits per heavy atom. The normalized spacial score (nSPS) is 40.5. The Balaban J connectivity index is 0.755. The lowest BCUT2D eigenvalue weighted by molar-refractivity contribution is -0.207. The predicted octanol–water partition coefficient (Wildman–Crippen LogP) is 10.0. The number of fused-ring (bicyclic) bond motifs is 10. The van der Waals surface area contributed by atoms with Gasteiger partial charge in [-0.05, 0) is 263 Å². The maximum atomic E-state index is 13.5. The molecule has 0 saturated heterocycles. The molecule has 16 heteroatoms. The Labute approximate surface area is 505 Å². The molecule has 8 rings (SSSR count). The van der Waals surface area contributed by atoms with Gasteiger partial charge in [-0.1, -0.05) is 41.5 Å². The maximum absolute atomic E-state index is 13.5. The van der Waals surface area contributed by atoms with Crippen LogP contribution in [0.3, 0.4) is 0 Å². The number of hydrogen-bond acceptors (Lipinski definition) is 12. The molecule has 8 saturated carbocycles. The van der Waals surface area contributed by atoms with Gasteiger partial charge in [0.25, 0.3) is 0 Å². The van der Waals surface area contributed by atoms with Crippen molar-refractivity contribution in [3.63, 3.8) is 0 Å². The van der Waals surface area contributed by atoms with Gasteiger partial charge in [-0.25, -0.2) is 9.59 Å². The van der Waals surface area contributed by atoms with E-state index >= 15 is 0 Å². The number of nitrogens with zero attached hydrogens (tertiary/aromatic N) is 2. The van der Waals surface area contributed by atoms with Crippen LogP contribution in [0.1, 0.15) is 224 Å². The molecule has 0 aromatic rings. The number of ether oxygens (including phenoxy) is 2. The van der Waals surface area contributed by atoms with Crippen LogP contribution in [0.15, 0.2) is 0 Å². The molecule has 16 nitrogen and oxygen atoms in total.